The number of halogens is 4. The summed E-state index contributed by atoms with van der Waals surface area (Å²) >= 11 is 7.80. The highest BCUT2D eigenvalue weighted by Gasteiger charge is 2.43. The number of benzene rings is 2. The van der Waals surface area contributed by atoms with Crippen LogP contribution >= 0.6 is 23.4 Å². The summed E-state index contributed by atoms with van der Waals surface area (Å²) in [6.45, 7) is 2.23. The molecule has 2 atom stereocenters. The van der Waals surface area contributed by atoms with E-state index in [0.29, 0.717) is 39.9 Å². The van der Waals surface area contributed by atoms with Crippen molar-refractivity contribution >= 4 is 35.2 Å². The molecule has 0 aliphatic carbocycles. The zero-order valence-corrected chi connectivity index (χ0v) is 24.3. The van der Waals surface area contributed by atoms with Crippen LogP contribution in [0.25, 0.3) is 5.69 Å². The van der Waals surface area contributed by atoms with Crippen LogP contribution in [0.2, 0.25) is 5.02 Å². The molecular weight excluding hydrogens is 599 g/mol. The average molecular weight is 626 g/mol. The molecule has 0 bridgehead atoms. The number of hydrazone groups is 1. The van der Waals surface area contributed by atoms with Crippen molar-refractivity contribution in [3.63, 3.8) is 0 Å². The lowest BCUT2D eigenvalue weighted by Crippen LogP contribution is -2.42. The maximum absolute atomic E-state index is 14.2. The van der Waals surface area contributed by atoms with Gasteiger partial charge >= 0.3 is 12.1 Å². The predicted molar refractivity (Wildman–Crippen MR) is 149 cm³/mol. The first-order chi connectivity index (χ1) is 20.1. The van der Waals surface area contributed by atoms with Crippen LogP contribution in [0.3, 0.4) is 0 Å². The van der Waals surface area contributed by atoms with Crippen LogP contribution in [-0.2, 0) is 15.7 Å². The minimum Gasteiger partial charge on any atom is -0.493 e. The Morgan fingerprint density at radius 3 is 2.67 bits per heavy atom. The molecule has 0 amide bonds. The summed E-state index contributed by atoms with van der Waals surface area (Å²) < 4.78 is 60.0. The van der Waals surface area contributed by atoms with Gasteiger partial charge in [0, 0.05) is 17.1 Å². The van der Waals surface area contributed by atoms with Crippen LogP contribution in [0.15, 0.2) is 41.5 Å². The average Bonchev–Trinajstić information content (AvgIpc) is 3.57. The Balaban J connectivity index is 1.53. The molecule has 0 saturated carbocycles. The molecule has 42 heavy (non-hydrogen) atoms. The van der Waals surface area contributed by atoms with Gasteiger partial charge in [0.1, 0.15) is 6.42 Å². The van der Waals surface area contributed by atoms with Gasteiger partial charge in [-0.05, 0) is 43.2 Å². The van der Waals surface area contributed by atoms with Gasteiger partial charge in [-0.25, -0.2) is 5.53 Å². The lowest BCUT2D eigenvalue weighted by atomic mass is 10.0. The van der Waals surface area contributed by atoms with Gasteiger partial charge in [0.25, 0.3) is 0 Å². The minimum atomic E-state index is -4.77. The number of carbonyl (C=O) groups is 1. The van der Waals surface area contributed by atoms with Crippen molar-refractivity contribution < 1.29 is 32.2 Å². The van der Waals surface area contributed by atoms with E-state index in [1.165, 1.54) is 37.2 Å². The van der Waals surface area contributed by atoms with E-state index in [1.807, 2.05) is 6.07 Å². The third-order valence-electron chi connectivity index (χ3n) is 6.56. The maximum Gasteiger partial charge on any atom is 0.452 e. The summed E-state index contributed by atoms with van der Waals surface area (Å²) in [5, 5.41) is 12.5. The second-order valence-electron chi connectivity index (χ2n) is 9.20. The summed E-state index contributed by atoms with van der Waals surface area (Å²) in [5.41, 5.74) is 7.24. The number of nitrogens with one attached hydrogen (secondary N) is 2. The highest BCUT2D eigenvalue weighted by molar-refractivity contribution is 8.00. The number of thioether (sulfide) groups is 1. The van der Waals surface area contributed by atoms with Crippen LogP contribution in [0, 0.1) is 0 Å². The number of amidine groups is 1. The first-order valence-electron chi connectivity index (χ1n) is 12.8. The molecule has 0 saturated heterocycles. The second-order valence-corrected chi connectivity index (χ2v) is 10.9. The van der Waals surface area contributed by atoms with Crippen LogP contribution in [0.5, 0.6) is 11.5 Å². The van der Waals surface area contributed by atoms with Crippen molar-refractivity contribution in [2.75, 3.05) is 27.4 Å². The number of aromatic nitrogens is 3. The Kier molecular flexibility index (Phi) is 8.70. The van der Waals surface area contributed by atoms with Gasteiger partial charge < -0.3 is 14.2 Å². The molecule has 2 aliphatic rings. The third-order valence-corrected chi connectivity index (χ3v) is 8.35. The molecule has 11 nitrogen and oxygen atoms in total. The van der Waals surface area contributed by atoms with Crippen molar-refractivity contribution in [1.82, 2.24) is 30.8 Å². The van der Waals surface area contributed by atoms with E-state index in [4.69, 9.17) is 25.8 Å². The van der Waals surface area contributed by atoms with Gasteiger partial charge in [-0.3, -0.25) is 14.8 Å². The smallest absolute Gasteiger partial charge is 0.452 e. The summed E-state index contributed by atoms with van der Waals surface area (Å²) in [4.78, 5) is 11.8. The number of nitrogens with zero attached hydrogens (tertiary/aromatic N) is 5. The van der Waals surface area contributed by atoms with Crippen LogP contribution in [0.4, 0.5) is 13.2 Å². The number of carbonyl (C=O) groups excluding carboxylic acids is 1. The van der Waals surface area contributed by atoms with Crippen molar-refractivity contribution in [3.8, 4) is 17.2 Å². The molecular formula is C26H27ClF3N7O4S. The molecule has 0 radical (unpaired) electrons. The fraction of sp³-hybridized carbons (Fsp3) is 0.385. The summed E-state index contributed by atoms with van der Waals surface area (Å²) in [7, 11) is 3.02. The van der Waals surface area contributed by atoms with Crippen LogP contribution in [-0.4, -0.2) is 59.1 Å². The fourth-order valence-electron chi connectivity index (χ4n) is 4.83. The number of ether oxygens (including phenoxy) is 3. The Labute approximate surface area is 248 Å². The molecule has 5 rings (SSSR count). The number of para-hydroxylation sites is 1. The largest absolute Gasteiger partial charge is 0.493 e. The third kappa shape index (κ3) is 5.94. The number of hydrogen-bond acceptors (Lipinski definition) is 11. The summed E-state index contributed by atoms with van der Waals surface area (Å²) in [6, 6.07) is 10.1. The standard InChI is InChI=1S/C26H27ClF3N7O4S/c1-4-41-21(38)13-20-31-35-36(34-20)11-10-19-24-32-33-25(26(28,29)30)37(24)17-9-8-14(27)12-16(17)23(42-19)15-6-5-7-18(39-2)22(15)40-3/h5-9,12,19,23,35H,4,10-11,13H2,1-3H3,(H,31,34)/t19-,23-/m1/s1. The first kappa shape index (κ1) is 29.8. The maximum atomic E-state index is 14.2. The van der Waals surface area contributed by atoms with Crippen LogP contribution in [0.1, 0.15) is 53.0 Å². The van der Waals surface area contributed by atoms with E-state index in [9.17, 15) is 18.0 Å². The molecule has 2 N–H and O–H groups in total. The molecule has 0 unspecified atom stereocenters. The first-order valence-corrected chi connectivity index (χ1v) is 14.2. The summed E-state index contributed by atoms with van der Waals surface area (Å²) in [6.07, 6.45) is -4.52. The predicted octanol–water partition coefficient (Wildman–Crippen LogP) is 4.82. The number of esters is 1. The Bertz CT molecular complexity index is 1500. The SMILES string of the molecule is CCOC(=O)CC1=NNN(CC[C@H]2S[C@H](c3cccc(OC)c3OC)c3cc(Cl)ccc3-n3c2nnc3C(F)(F)F)N1. The van der Waals surface area contributed by atoms with Crippen molar-refractivity contribution in [2.45, 2.75) is 36.4 Å². The van der Waals surface area contributed by atoms with Crippen molar-refractivity contribution in [3.05, 3.63) is 64.2 Å². The van der Waals surface area contributed by atoms with Gasteiger partial charge in [0.2, 0.25) is 5.82 Å². The number of fused-ring (bicyclic) bond motifs is 3. The van der Waals surface area contributed by atoms with Gasteiger partial charge in [-0.15, -0.1) is 32.2 Å². The molecule has 0 spiro atoms. The zero-order valence-electron chi connectivity index (χ0n) is 22.7. The highest BCUT2D eigenvalue weighted by Crippen LogP contribution is 2.54. The number of alkyl halides is 3. The topological polar surface area (TPSA) is 115 Å². The molecule has 224 valence electrons. The number of rotatable bonds is 9. The van der Waals surface area contributed by atoms with Crippen LogP contribution < -0.4 is 20.4 Å². The Morgan fingerprint density at radius 2 is 1.95 bits per heavy atom. The van der Waals surface area contributed by atoms with Gasteiger partial charge in [-0.1, -0.05) is 23.7 Å². The van der Waals surface area contributed by atoms with E-state index in [2.05, 4.69) is 26.3 Å². The Hall–Kier alpha value is -3.69. The molecule has 2 aliphatic heterocycles. The lowest BCUT2D eigenvalue weighted by molar-refractivity contribution is -0.146. The van der Waals surface area contributed by atoms with E-state index in [0.717, 1.165) is 4.57 Å². The van der Waals surface area contributed by atoms with E-state index in [1.54, 1.807) is 31.2 Å². The molecule has 3 heterocycles. The van der Waals surface area contributed by atoms with Gasteiger partial charge in [-0.2, -0.15) is 13.2 Å². The van der Waals surface area contributed by atoms with E-state index < -0.39 is 28.5 Å². The zero-order chi connectivity index (χ0) is 30.0. The van der Waals surface area contributed by atoms with Crippen molar-refractivity contribution in [2.24, 2.45) is 5.10 Å². The molecule has 0 fully saturated rings. The lowest BCUT2D eigenvalue weighted by Gasteiger charge is -2.25. The second kappa shape index (κ2) is 12.3. The van der Waals surface area contributed by atoms with Gasteiger partial charge in [0.05, 0.1) is 37.0 Å². The molecule has 3 aromatic rings. The monoisotopic (exact) mass is 625 g/mol. The molecule has 2 aromatic carbocycles. The summed E-state index contributed by atoms with van der Waals surface area (Å²) in [5.74, 6) is -0.158. The van der Waals surface area contributed by atoms with Gasteiger partial charge in [0.15, 0.2) is 23.2 Å². The fourth-order valence-corrected chi connectivity index (χ4v) is 6.52. The van der Waals surface area contributed by atoms with E-state index in [-0.39, 0.29) is 31.1 Å². The number of hydrogen-bond donors (Lipinski definition) is 2. The quantitative estimate of drug-likeness (QED) is 0.321. The highest BCUT2D eigenvalue weighted by atomic mass is 35.5. The molecule has 1 aromatic heterocycles. The minimum absolute atomic E-state index is 0.0629. The Morgan fingerprint density at radius 1 is 1.14 bits per heavy atom. The normalized spacial score (nSPS) is 18.2. The number of hydrazine groups is 2. The molecule has 16 heteroatoms. The van der Waals surface area contributed by atoms with Crippen molar-refractivity contribution in [1.29, 1.82) is 0 Å². The number of methoxy groups -OCH3 is 2. The van der Waals surface area contributed by atoms with E-state index >= 15 is 0 Å².